The molecule has 0 heterocycles. The lowest BCUT2D eigenvalue weighted by Crippen LogP contribution is -2.13. The van der Waals surface area contributed by atoms with Crippen molar-refractivity contribution >= 4 is 10.8 Å². The van der Waals surface area contributed by atoms with Crippen molar-refractivity contribution in [3.05, 3.63) is 72.0 Å². The zero-order valence-corrected chi connectivity index (χ0v) is 12.2. The molecule has 0 aromatic heterocycles. The van der Waals surface area contributed by atoms with Gasteiger partial charge in [-0.15, -0.1) is 0 Å². The van der Waals surface area contributed by atoms with E-state index in [2.05, 4.69) is 36.5 Å². The molecule has 106 valence electrons. The van der Waals surface area contributed by atoms with Crippen molar-refractivity contribution in [3.8, 4) is 11.1 Å². The number of halogens is 1. The fourth-order valence-electron chi connectivity index (χ4n) is 2.76. The van der Waals surface area contributed by atoms with Crippen molar-refractivity contribution in [2.45, 2.75) is 13.0 Å². The summed E-state index contributed by atoms with van der Waals surface area (Å²) in [6.45, 7) is 2.09. The lowest BCUT2D eigenvalue weighted by atomic mass is 9.92. The highest BCUT2D eigenvalue weighted by Gasteiger charge is 2.13. The van der Waals surface area contributed by atoms with Crippen LogP contribution in [-0.2, 0) is 0 Å². The molecule has 0 aliphatic carbocycles. The Morgan fingerprint density at radius 2 is 1.67 bits per heavy atom. The maximum absolute atomic E-state index is 13.8. The molecule has 2 heteroatoms. The van der Waals surface area contributed by atoms with Crippen molar-refractivity contribution < 1.29 is 4.39 Å². The third-order valence-electron chi connectivity index (χ3n) is 3.99. The van der Waals surface area contributed by atoms with Gasteiger partial charge in [-0.3, -0.25) is 0 Å². The van der Waals surface area contributed by atoms with Gasteiger partial charge in [0.25, 0.3) is 0 Å². The molecular formula is C19H18FN. The molecule has 0 saturated heterocycles. The van der Waals surface area contributed by atoms with Gasteiger partial charge >= 0.3 is 0 Å². The summed E-state index contributed by atoms with van der Waals surface area (Å²) in [6.07, 6.45) is 0. The van der Waals surface area contributed by atoms with Crippen molar-refractivity contribution in [1.29, 1.82) is 0 Å². The van der Waals surface area contributed by atoms with Crippen molar-refractivity contribution in [3.63, 3.8) is 0 Å². The molecule has 0 radical (unpaired) electrons. The predicted molar refractivity (Wildman–Crippen MR) is 86.8 cm³/mol. The molecule has 0 aliphatic rings. The van der Waals surface area contributed by atoms with Crippen LogP contribution in [0, 0.1) is 5.82 Å². The van der Waals surface area contributed by atoms with Crippen LogP contribution in [0.3, 0.4) is 0 Å². The number of fused-ring (bicyclic) bond motifs is 1. The normalized spacial score (nSPS) is 12.5. The summed E-state index contributed by atoms with van der Waals surface area (Å²) in [6, 6.07) is 19.6. The fraction of sp³-hybridized carbons (Fsp3) is 0.158. The molecule has 1 N–H and O–H groups in total. The van der Waals surface area contributed by atoms with Gasteiger partial charge in [0.1, 0.15) is 5.82 Å². The second kappa shape index (κ2) is 5.66. The van der Waals surface area contributed by atoms with Gasteiger partial charge in [-0.25, -0.2) is 4.39 Å². The second-order valence-corrected chi connectivity index (χ2v) is 5.27. The largest absolute Gasteiger partial charge is 0.313 e. The summed E-state index contributed by atoms with van der Waals surface area (Å²) in [5, 5.41) is 5.55. The third kappa shape index (κ3) is 2.55. The second-order valence-electron chi connectivity index (χ2n) is 5.27. The minimum Gasteiger partial charge on any atom is -0.313 e. The first-order chi connectivity index (χ1) is 10.2. The van der Waals surface area contributed by atoms with Gasteiger partial charge in [0.05, 0.1) is 0 Å². The highest BCUT2D eigenvalue weighted by Crippen LogP contribution is 2.34. The van der Waals surface area contributed by atoms with E-state index in [0.717, 1.165) is 22.1 Å². The number of nitrogens with one attached hydrogen (secondary N) is 1. The Bertz CT molecular complexity index is 774. The smallest absolute Gasteiger partial charge is 0.123 e. The molecule has 0 spiro atoms. The van der Waals surface area contributed by atoms with Gasteiger partial charge in [-0.05, 0) is 53.6 Å². The summed E-state index contributed by atoms with van der Waals surface area (Å²) in [5.41, 5.74) is 3.13. The van der Waals surface area contributed by atoms with Crippen LogP contribution >= 0.6 is 0 Å². The van der Waals surface area contributed by atoms with Gasteiger partial charge in [0, 0.05) is 6.04 Å². The highest BCUT2D eigenvalue weighted by atomic mass is 19.1. The molecule has 0 bridgehead atoms. The molecule has 0 aliphatic heterocycles. The van der Waals surface area contributed by atoms with Crippen LogP contribution in [0.5, 0.6) is 0 Å². The van der Waals surface area contributed by atoms with Gasteiger partial charge < -0.3 is 5.32 Å². The zero-order valence-electron chi connectivity index (χ0n) is 12.2. The molecule has 3 aromatic carbocycles. The van der Waals surface area contributed by atoms with E-state index in [1.807, 2.05) is 31.3 Å². The van der Waals surface area contributed by atoms with Gasteiger partial charge in [0.2, 0.25) is 0 Å². The van der Waals surface area contributed by atoms with Crippen LogP contribution in [0.2, 0.25) is 0 Å². The monoisotopic (exact) mass is 279 g/mol. The summed E-state index contributed by atoms with van der Waals surface area (Å²) < 4.78 is 13.8. The predicted octanol–water partition coefficient (Wildman–Crippen LogP) is 4.93. The van der Waals surface area contributed by atoms with E-state index < -0.39 is 0 Å². The van der Waals surface area contributed by atoms with E-state index in [9.17, 15) is 4.39 Å². The van der Waals surface area contributed by atoms with E-state index in [4.69, 9.17) is 0 Å². The zero-order chi connectivity index (χ0) is 14.8. The van der Waals surface area contributed by atoms with Gasteiger partial charge in [-0.1, -0.05) is 48.5 Å². The average molecular weight is 279 g/mol. The highest BCUT2D eigenvalue weighted by molar-refractivity contribution is 5.97. The summed E-state index contributed by atoms with van der Waals surface area (Å²) in [5.74, 6) is -0.204. The lowest BCUT2D eigenvalue weighted by molar-refractivity contribution is 0.620. The van der Waals surface area contributed by atoms with Crippen LogP contribution in [0.15, 0.2) is 60.7 Å². The Kier molecular flexibility index (Phi) is 3.72. The lowest BCUT2D eigenvalue weighted by Gasteiger charge is -2.17. The number of hydrogen-bond donors (Lipinski definition) is 1. The minimum absolute atomic E-state index is 0.166. The number of rotatable bonds is 3. The van der Waals surface area contributed by atoms with Crippen LogP contribution < -0.4 is 5.32 Å². The molecule has 0 fully saturated rings. The van der Waals surface area contributed by atoms with Crippen molar-refractivity contribution in [1.82, 2.24) is 5.32 Å². The van der Waals surface area contributed by atoms with Crippen LogP contribution in [0.25, 0.3) is 21.9 Å². The maximum atomic E-state index is 13.8. The molecule has 1 unspecified atom stereocenters. The SMILES string of the molecule is CNC(C)c1ccc(F)cc1-c1cccc2ccccc12. The molecule has 3 aromatic rings. The summed E-state index contributed by atoms with van der Waals surface area (Å²) in [7, 11) is 1.92. The van der Waals surface area contributed by atoms with E-state index in [-0.39, 0.29) is 11.9 Å². The van der Waals surface area contributed by atoms with Crippen LogP contribution in [0.1, 0.15) is 18.5 Å². The maximum Gasteiger partial charge on any atom is 0.123 e. The number of hydrogen-bond acceptors (Lipinski definition) is 1. The Balaban J connectivity index is 2.30. The standard InChI is InChI=1S/C19H18FN/c1-13(21-2)16-11-10-15(20)12-19(16)18-9-5-7-14-6-3-4-8-17(14)18/h3-13,21H,1-2H3. The first kappa shape index (κ1) is 13.8. The average Bonchev–Trinajstić information content (AvgIpc) is 2.53. The van der Waals surface area contributed by atoms with Gasteiger partial charge in [-0.2, -0.15) is 0 Å². The van der Waals surface area contributed by atoms with Crippen LogP contribution in [-0.4, -0.2) is 7.05 Å². The molecule has 1 nitrogen and oxygen atoms in total. The third-order valence-corrected chi connectivity index (χ3v) is 3.99. The van der Waals surface area contributed by atoms with Crippen molar-refractivity contribution in [2.24, 2.45) is 0 Å². The van der Waals surface area contributed by atoms with E-state index in [0.29, 0.717) is 0 Å². The van der Waals surface area contributed by atoms with E-state index in [1.165, 1.54) is 11.5 Å². The van der Waals surface area contributed by atoms with Gasteiger partial charge in [0.15, 0.2) is 0 Å². The Labute approximate surface area is 124 Å². The van der Waals surface area contributed by atoms with Crippen LogP contribution in [0.4, 0.5) is 4.39 Å². The fourth-order valence-corrected chi connectivity index (χ4v) is 2.76. The number of benzene rings is 3. The molecule has 3 rings (SSSR count). The van der Waals surface area contributed by atoms with Crippen molar-refractivity contribution in [2.75, 3.05) is 7.05 Å². The first-order valence-electron chi connectivity index (χ1n) is 7.15. The molecule has 0 amide bonds. The molecular weight excluding hydrogens is 261 g/mol. The summed E-state index contributed by atoms with van der Waals surface area (Å²) in [4.78, 5) is 0. The summed E-state index contributed by atoms with van der Waals surface area (Å²) >= 11 is 0. The quantitative estimate of drug-likeness (QED) is 0.717. The molecule has 21 heavy (non-hydrogen) atoms. The topological polar surface area (TPSA) is 12.0 Å². The Morgan fingerprint density at radius 3 is 2.48 bits per heavy atom. The first-order valence-corrected chi connectivity index (χ1v) is 7.15. The molecule has 1 atom stereocenters. The van der Waals surface area contributed by atoms with E-state index >= 15 is 0 Å². The minimum atomic E-state index is -0.204. The Morgan fingerprint density at radius 1 is 0.905 bits per heavy atom. The Hall–Kier alpha value is -2.19. The molecule has 0 saturated carbocycles. The van der Waals surface area contributed by atoms with E-state index in [1.54, 1.807) is 6.07 Å².